The fourth-order valence-corrected chi connectivity index (χ4v) is 0.786. The Balaban J connectivity index is 0.000000167. The van der Waals surface area contributed by atoms with Gasteiger partial charge in [-0.05, 0) is 12.8 Å². The molecule has 0 saturated heterocycles. The van der Waals surface area contributed by atoms with E-state index in [1.54, 1.807) is 0 Å². The van der Waals surface area contributed by atoms with E-state index in [9.17, 15) is 0 Å². The van der Waals surface area contributed by atoms with E-state index in [2.05, 4.69) is 48.6 Å². The normalized spacial score (nSPS) is 16.0. The van der Waals surface area contributed by atoms with Crippen molar-refractivity contribution in [3.8, 4) is 0 Å². The van der Waals surface area contributed by atoms with Crippen molar-refractivity contribution in [1.82, 2.24) is 6.15 Å². The van der Waals surface area contributed by atoms with Gasteiger partial charge in [-0.25, -0.2) is 0 Å². The van der Waals surface area contributed by atoms with Crippen LogP contribution in [0.25, 0.3) is 0 Å². The Bertz CT molecular complexity index is 143. The molecule has 60 valence electrons. The van der Waals surface area contributed by atoms with Crippen LogP contribution in [-0.4, -0.2) is 0 Å². The fourth-order valence-electron chi connectivity index (χ4n) is 0.786. The zero-order valence-corrected chi connectivity index (χ0v) is 6.74. The van der Waals surface area contributed by atoms with Gasteiger partial charge in [0.15, 0.2) is 0 Å². The lowest BCUT2D eigenvalue weighted by Crippen LogP contribution is -1.37. The highest BCUT2D eigenvalue weighted by Crippen LogP contribution is 1.93. The summed E-state index contributed by atoms with van der Waals surface area (Å²) in [6.07, 6.45) is 19.0. The summed E-state index contributed by atoms with van der Waals surface area (Å²) in [6.45, 7) is 0. The van der Waals surface area contributed by atoms with E-state index in [1.807, 2.05) is 0 Å². The summed E-state index contributed by atoms with van der Waals surface area (Å²) in [5.41, 5.74) is 0. The maximum Gasteiger partial charge on any atom is -0.0163 e. The van der Waals surface area contributed by atoms with Crippen LogP contribution in [0, 0.1) is 0 Å². The predicted molar refractivity (Wildman–Crippen MR) is 50.8 cm³/mol. The summed E-state index contributed by atoms with van der Waals surface area (Å²) < 4.78 is 0. The molecule has 11 heavy (non-hydrogen) atoms. The van der Waals surface area contributed by atoms with Crippen LogP contribution in [0.2, 0.25) is 0 Å². The smallest absolute Gasteiger partial charge is 0.0163 e. The number of allylic oxidation sites excluding steroid dienone is 8. The predicted octanol–water partition coefficient (Wildman–Crippen LogP) is 3.17. The second-order valence-electron chi connectivity index (χ2n) is 2.18. The summed E-state index contributed by atoms with van der Waals surface area (Å²) >= 11 is 0. The lowest BCUT2D eigenvalue weighted by Gasteiger charge is -1.57. The second-order valence-corrected chi connectivity index (χ2v) is 2.18. The van der Waals surface area contributed by atoms with Crippen LogP contribution in [0.4, 0.5) is 0 Å². The number of rotatable bonds is 0. The van der Waals surface area contributed by atoms with Crippen molar-refractivity contribution in [2.45, 2.75) is 12.8 Å². The molecule has 0 spiro atoms. The van der Waals surface area contributed by atoms with Crippen LogP contribution in [0.3, 0.4) is 0 Å². The molecule has 2 rings (SSSR count). The first-order valence-electron chi connectivity index (χ1n) is 3.63. The highest BCUT2D eigenvalue weighted by Gasteiger charge is 1.72. The highest BCUT2D eigenvalue weighted by atomic mass is 14.0. The van der Waals surface area contributed by atoms with Crippen LogP contribution in [0.5, 0.6) is 0 Å². The maximum absolute atomic E-state index is 2.12. The van der Waals surface area contributed by atoms with E-state index in [-0.39, 0.29) is 6.15 Å². The lowest BCUT2D eigenvalue weighted by molar-refractivity contribution is 1.45. The summed E-state index contributed by atoms with van der Waals surface area (Å²) in [5, 5.41) is 0. The second kappa shape index (κ2) is 7.03. The average Bonchev–Trinajstić information content (AvgIpc) is 2.67. The molecule has 0 heterocycles. The number of hydrogen-bond acceptors (Lipinski definition) is 1. The monoisotopic (exact) mass is 149 g/mol. The van der Waals surface area contributed by atoms with Crippen LogP contribution in [0.15, 0.2) is 48.6 Å². The summed E-state index contributed by atoms with van der Waals surface area (Å²) in [5.74, 6) is 0. The van der Waals surface area contributed by atoms with Crippen molar-refractivity contribution in [3.63, 3.8) is 0 Å². The molecule has 0 aliphatic heterocycles. The van der Waals surface area contributed by atoms with Crippen molar-refractivity contribution in [1.29, 1.82) is 0 Å². The summed E-state index contributed by atoms with van der Waals surface area (Å²) in [4.78, 5) is 0. The molecule has 0 atom stereocenters. The molecule has 1 nitrogen and oxygen atoms in total. The fraction of sp³-hybridized carbons (Fsp3) is 0.200. The van der Waals surface area contributed by atoms with Crippen LogP contribution >= 0.6 is 0 Å². The Kier molecular flexibility index (Phi) is 6.34. The minimum absolute atomic E-state index is 0. The molecule has 0 radical (unpaired) electrons. The first-order chi connectivity index (χ1) is 5.00. The average molecular weight is 149 g/mol. The molecular formula is C10H15N. The standard InChI is InChI=1S/2C5H6.H3N/c2*1-2-4-5-3-1;/h2*1-4H,5H2;1H3. The minimum Gasteiger partial charge on any atom is -0.344 e. The summed E-state index contributed by atoms with van der Waals surface area (Å²) in [7, 11) is 0. The molecule has 0 fully saturated rings. The molecule has 0 amide bonds. The molecule has 0 aromatic carbocycles. The molecule has 0 aromatic rings. The zero-order chi connectivity index (χ0) is 7.07. The van der Waals surface area contributed by atoms with Gasteiger partial charge in [0.2, 0.25) is 0 Å². The largest absolute Gasteiger partial charge is 0.344 e. The third kappa shape index (κ3) is 5.37. The van der Waals surface area contributed by atoms with Crippen LogP contribution < -0.4 is 6.15 Å². The molecule has 2 aliphatic carbocycles. The molecule has 0 saturated carbocycles. The van der Waals surface area contributed by atoms with Crippen molar-refractivity contribution in [3.05, 3.63) is 48.6 Å². The number of hydrogen-bond donors (Lipinski definition) is 1. The van der Waals surface area contributed by atoms with E-state index in [1.165, 1.54) is 0 Å². The SMILES string of the molecule is C1=CCC=C1.C1=CCC=C1.N. The Labute approximate surface area is 68.4 Å². The Morgan fingerprint density at radius 1 is 0.545 bits per heavy atom. The van der Waals surface area contributed by atoms with Gasteiger partial charge in [-0.2, -0.15) is 0 Å². The van der Waals surface area contributed by atoms with Gasteiger partial charge < -0.3 is 6.15 Å². The van der Waals surface area contributed by atoms with Gasteiger partial charge >= 0.3 is 0 Å². The topological polar surface area (TPSA) is 35.0 Å². The first kappa shape index (κ1) is 9.92. The van der Waals surface area contributed by atoms with Gasteiger partial charge in [0.05, 0.1) is 0 Å². The third-order valence-electron chi connectivity index (χ3n) is 1.31. The molecule has 0 aromatic heterocycles. The van der Waals surface area contributed by atoms with Gasteiger partial charge in [-0.3, -0.25) is 0 Å². The molecule has 3 N–H and O–H groups in total. The minimum atomic E-state index is 0. The van der Waals surface area contributed by atoms with Gasteiger partial charge in [0.25, 0.3) is 0 Å². The van der Waals surface area contributed by atoms with Gasteiger partial charge in [-0.1, -0.05) is 48.6 Å². The van der Waals surface area contributed by atoms with E-state index in [0.29, 0.717) is 0 Å². The van der Waals surface area contributed by atoms with E-state index in [0.717, 1.165) is 12.8 Å². The first-order valence-corrected chi connectivity index (χ1v) is 3.63. The van der Waals surface area contributed by atoms with Crippen LogP contribution in [-0.2, 0) is 0 Å². The van der Waals surface area contributed by atoms with Gasteiger partial charge in [0, 0.05) is 0 Å². The molecule has 0 unspecified atom stereocenters. The van der Waals surface area contributed by atoms with E-state index in [4.69, 9.17) is 0 Å². The maximum atomic E-state index is 2.12. The lowest BCUT2D eigenvalue weighted by atomic mass is 10.5. The van der Waals surface area contributed by atoms with Crippen molar-refractivity contribution in [2.75, 3.05) is 0 Å². The van der Waals surface area contributed by atoms with Crippen LogP contribution in [0.1, 0.15) is 12.8 Å². The Morgan fingerprint density at radius 3 is 0.909 bits per heavy atom. The van der Waals surface area contributed by atoms with E-state index < -0.39 is 0 Å². The van der Waals surface area contributed by atoms with Crippen molar-refractivity contribution >= 4 is 0 Å². The van der Waals surface area contributed by atoms with Crippen molar-refractivity contribution < 1.29 is 0 Å². The molecule has 0 bridgehead atoms. The molecule has 2 aliphatic rings. The zero-order valence-electron chi connectivity index (χ0n) is 6.74. The molecular weight excluding hydrogens is 134 g/mol. The third-order valence-corrected chi connectivity index (χ3v) is 1.31. The Hall–Kier alpha value is -1.08. The molecule has 1 heteroatoms. The van der Waals surface area contributed by atoms with Gasteiger partial charge in [-0.15, -0.1) is 0 Å². The summed E-state index contributed by atoms with van der Waals surface area (Å²) in [6, 6.07) is 0. The van der Waals surface area contributed by atoms with Gasteiger partial charge in [0.1, 0.15) is 0 Å². The van der Waals surface area contributed by atoms with Crippen molar-refractivity contribution in [2.24, 2.45) is 0 Å². The highest BCUT2D eigenvalue weighted by molar-refractivity contribution is 5.12. The Morgan fingerprint density at radius 2 is 0.818 bits per heavy atom. The van der Waals surface area contributed by atoms with E-state index >= 15 is 0 Å². The quantitative estimate of drug-likeness (QED) is 0.564.